The number of phenols is 1. The van der Waals surface area contributed by atoms with Gasteiger partial charge in [0.25, 0.3) is 5.91 Å². The number of alkyl halides is 1. The molecule has 2 aromatic rings. The number of halogens is 1. The van der Waals surface area contributed by atoms with Crippen LogP contribution in [0, 0.1) is 0 Å². The minimum absolute atomic E-state index is 0.0177. The minimum atomic E-state index is -0.314. The van der Waals surface area contributed by atoms with Gasteiger partial charge < -0.3 is 10.4 Å². The number of benzene rings is 2. The Kier molecular flexibility index (Phi) is 4.58. The molecule has 0 aliphatic heterocycles. The van der Waals surface area contributed by atoms with Gasteiger partial charge in [0.1, 0.15) is 5.75 Å². The number of aryl methyl sites for hydroxylation is 1. The highest BCUT2D eigenvalue weighted by molar-refractivity contribution is 9.09. The normalized spacial score (nSPS) is 10.2. The summed E-state index contributed by atoms with van der Waals surface area (Å²) in [6.45, 7) is 0. The summed E-state index contributed by atoms with van der Waals surface area (Å²) >= 11 is 3.39. The van der Waals surface area contributed by atoms with Crippen LogP contribution in [0.2, 0.25) is 0 Å². The summed E-state index contributed by atoms with van der Waals surface area (Å²) in [5, 5.41) is 13.3. The predicted octanol–water partition coefficient (Wildman–Crippen LogP) is 3.58. The van der Waals surface area contributed by atoms with Crippen molar-refractivity contribution in [2.75, 3.05) is 10.6 Å². The molecule has 0 aromatic heterocycles. The van der Waals surface area contributed by atoms with Gasteiger partial charge in [0.05, 0.1) is 5.56 Å². The Bertz CT molecular complexity index is 567. The average molecular weight is 320 g/mol. The molecular weight excluding hydrogens is 306 g/mol. The van der Waals surface area contributed by atoms with Crippen molar-refractivity contribution in [1.29, 1.82) is 0 Å². The summed E-state index contributed by atoms with van der Waals surface area (Å²) in [6, 6.07) is 14.1. The maximum absolute atomic E-state index is 12.0. The van der Waals surface area contributed by atoms with Crippen LogP contribution in [0.5, 0.6) is 5.75 Å². The Hall–Kier alpha value is -1.81. The van der Waals surface area contributed by atoms with Crippen molar-refractivity contribution in [3.05, 3.63) is 59.7 Å². The predicted molar refractivity (Wildman–Crippen MR) is 80.0 cm³/mol. The second-order valence-electron chi connectivity index (χ2n) is 4.11. The van der Waals surface area contributed by atoms with Gasteiger partial charge in [-0.25, -0.2) is 0 Å². The van der Waals surface area contributed by atoms with Gasteiger partial charge in [-0.3, -0.25) is 4.79 Å². The standard InChI is InChI=1S/C15H14BrNO2/c16-10-9-11-5-7-12(8-6-11)17-15(19)13-3-1-2-4-14(13)18/h1-8,18H,9-10H2,(H,17,19). The van der Waals surface area contributed by atoms with Crippen molar-refractivity contribution in [3.63, 3.8) is 0 Å². The molecule has 1 amide bonds. The van der Waals surface area contributed by atoms with E-state index in [9.17, 15) is 9.90 Å². The fourth-order valence-electron chi connectivity index (χ4n) is 1.73. The van der Waals surface area contributed by atoms with Crippen molar-refractivity contribution in [2.45, 2.75) is 6.42 Å². The summed E-state index contributed by atoms with van der Waals surface area (Å²) in [4.78, 5) is 12.0. The summed E-state index contributed by atoms with van der Waals surface area (Å²) in [5.41, 5.74) is 2.19. The second kappa shape index (κ2) is 6.38. The molecule has 2 aromatic carbocycles. The van der Waals surface area contributed by atoms with Crippen molar-refractivity contribution in [2.24, 2.45) is 0 Å². The minimum Gasteiger partial charge on any atom is -0.507 e. The van der Waals surface area contributed by atoms with Crippen molar-refractivity contribution < 1.29 is 9.90 Å². The van der Waals surface area contributed by atoms with Crippen LogP contribution in [0.1, 0.15) is 15.9 Å². The summed E-state index contributed by atoms with van der Waals surface area (Å²) in [5.74, 6) is -0.331. The smallest absolute Gasteiger partial charge is 0.259 e. The lowest BCUT2D eigenvalue weighted by Gasteiger charge is -2.07. The number of carbonyl (C=O) groups excluding carboxylic acids is 1. The van der Waals surface area contributed by atoms with Crippen LogP contribution < -0.4 is 5.32 Å². The monoisotopic (exact) mass is 319 g/mol. The van der Waals surface area contributed by atoms with Crippen LogP contribution in [0.15, 0.2) is 48.5 Å². The molecule has 98 valence electrons. The third-order valence-corrected chi connectivity index (χ3v) is 3.14. The van der Waals surface area contributed by atoms with Crippen molar-refractivity contribution in [3.8, 4) is 5.75 Å². The van der Waals surface area contributed by atoms with Crippen LogP contribution in [0.3, 0.4) is 0 Å². The number of hydrogen-bond donors (Lipinski definition) is 2. The zero-order chi connectivity index (χ0) is 13.7. The fourth-order valence-corrected chi connectivity index (χ4v) is 2.19. The molecule has 0 saturated heterocycles. The summed E-state index contributed by atoms with van der Waals surface area (Å²) in [6.07, 6.45) is 0.952. The number of nitrogens with one attached hydrogen (secondary N) is 1. The molecule has 0 heterocycles. The molecule has 0 saturated carbocycles. The molecule has 4 heteroatoms. The number of phenolic OH excluding ortho intramolecular Hbond substituents is 1. The first-order chi connectivity index (χ1) is 9.20. The largest absolute Gasteiger partial charge is 0.507 e. The van der Waals surface area contributed by atoms with Gasteiger partial charge in [0.2, 0.25) is 0 Å². The number of amides is 1. The lowest BCUT2D eigenvalue weighted by atomic mass is 10.1. The Morgan fingerprint density at radius 2 is 1.79 bits per heavy atom. The summed E-state index contributed by atoms with van der Waals surface area (Å²) < 4.78 is 0. The zero-order valence-electron chi connectivity index (χ0n) is 10.3. The first kappa shape index (κ1) is 13.6. The van der Waals surface area contributed by atoms with Crippen LogP contribution in [0.25, 0.3) is 0 Å². The highest BCUT2D eigenvalue weighted by Crippen LogP contribution is 2.18. The second-order valence-corrected chi connectivity index (χ2v) is 4.90. The van der Waals surface area contributed by atoms with E-state index in [1.54, 1.807) is 18.2 Å². The maximum atomic E-state index is 12.0. The molecule has 0 unspecified atom stereocenters. The Labute approximate surface area is 120 Å². The Balaban J connectivity index is 2.09. The highest BCUT2D eigenvalue weighted by atomic mass is 79.9. The number of aromatic hydroxyl groups is 1. The van der Waals surface area contributed by atoms with Crippen molar-refractivity contribution in [1.82, 2.24) is 0 Å². The SMILES string of the molecule is O=C(Nc1ccc(CCBr)cc1)c1ccccc1O. The first-order valence-electron chi connectivity index (χ1n) is 5.95. The molecule has 0 radical (unpaired) electrons. The maximum Gasteiger partial charge on any atom is 0.259 e. The van der Waals surface area contributed by atoms with E-state index in [0.29, 0.717) is 5.69 Å². The van der Waals surface area contributed by atoms with E-state index in [-0.39, 0.29) is 17.2 Å². The number of para-hydroxylation sites is 1. The lowest BCUT2D eigenvalue weighted by Crippen LogP contribution is -2.11. The molecule has 0 aliphatic rings. The van der Waals surface area contributed by atoms with E-state index in [0.717, 1.165) is 11.8 Å². The Morgan fingerprint density at radius 3 is 2.42 bits per heavy atom. The molecule has 2 rings (SSSR count). The van der Waals surface area contributed by atoms with E-state index >= 15 is 0 Å². The van der Waals surface area contributed by atoms with Gasteiger partial charge in [-0.1, -0.05) is 40.2 Å². The number of anilines is 1. The quantitative estimate of drug-likeness (QED) is 0.846. The number of carbonyl (C=O) groups is 1. The van der Waals surface area contributed by atoms with Gasteiger partial charge in [0.15, 0.2) is 0 Å². The molecule has 0 aliphatic carbocycles. The summed E-state index contributed by atoms with van der Waals surface area (Å²) in [7, 11) is 0. The molecule has 19 heavy (non-hydrogen) atoms. The van der Waals surface area contributed by atoms with E-state index in [2.05, 4.69) is 21.2 Å². The fraction of sp³-hybridized carbons (Fsp3) is 0.133. The number of rotatable bonds is 4. The molecule has 3 nitrogen and oxygen atoms in total. The van der Waals surface area contributed by atoms with Crippen LogP contribution in [0.4, 0.5) is 5.69 Å². The molecule has 0 atom stereocenters. The van der Waals surface area contributed by atoms with E-state index in [1.807, 2.05) is 24.3 Å². The third kappa shape index (κ3) is 3.58. The number of hydrogen-bond acceptors (Lipinski definition) is 2. The van der Waals surface area contributed by atoms with Gasteiger partial charge >= 0.3 is 0 Å². The first-order valence-corrected chi connectivity index (χ1v) is 7.07. The molecule has 0 spiro atoms. The Morgan fingerprint density at radius 1 is 1.11 bits per heavy atom. The van der Waals surface area contributed by atoms with Crippen LogP contribution in [-0.4, -0.2) is 16.3 Å². The van der Waals surface area contributed by atoms with Gasteiger partial charge in [-0.15, -0.1) is 0 Å². The highest BCUT2D eigenvalue weighted by Gasteiger charge is 2.10. The lowest BCUT2D eigenvalue weighted by molar-refractivity contribution is 0.102. The van der Waals surface area contributed by atoms with Gasteiger partial charge in [-0.05, 0) is 36.2 Å². The topological polar surface area (TPSA) is 49.3 Å². The van der Waals surface area contributed by atoms with Crippen LogP contribution >= 0.6 is 15.9 Å². The van der Waals surface area contributed by atoms with E-state index in [1.165, 1.54) is 11.6 Å². The third-order valence-electron chi connectivity index (χ3n) is 2.74. The van der Waals surface area contributed by atoms with E-state index in [4.69, 9.17) is 0 Å². The molecule has 2 N–H and O–H groups in total. The zero-order valence-corrected chi connectivity index (χ0v) is 11.9. The van der Waals surface area contributed by atoms with E-state index < -0.39 is 0 Å². The average Bonchev–Trinajstić information content (AvgIpc) is 2.42. The molecular formula is C15H14BrNO2. The van der Waals surface area contributed by atoms with Crippen molar-refractivity contribution >= 4 is 27.5 Å². The van der Waals surface area contributed by atoms with Gasteiger partial charge in [-0.2, -0.15) is 0 Å². The van der Waals surface area contributed by atoms with Gasteiger partial charge in [0, 0.05) is 11.0 Å². The molecule has 0 bridgehead atoms. The van der Waals surface area contributed by atoms with Crippen LogP contribution in [-0.2, 0) is 6.42 Å². The molecule has 0 fully saturated rings.